The molecule has 0 bridgehead atoms. The van der Waals surface area contributed by atoms with Crippen LogP contribution in [0.4, 0.5) is 4.39 Å². The predicted octanol–water partition coefficient (Wildman–Crippen LogP) is 1.68. The van der Waals surface area contributed by atoms with Gasteiger partial charge in [0, 0.05) is 25.8 Å². The SMILES string of the molecule is COCCNC(=O)c1ccc(CNS(=O)(=O)c2ccc(F)cc2)cc1. The molecule has 0 radical (unpaired) electrons. The molecule has 6 nitrogen and oxygen atoms in total. The van der Waals surface area contributed by atoms with Crippen LogP contribution in [0.5, 0.6) is 0 Å². The smallest absolute Gasteiger partial charge is 0.251 e. The van der Waals surface area contributed by atoms with Gasteiger partial charge in [0.1, 0.15) is 5.82 Å². The Balaban J connectivity index is 1.95. The highest BCUT2D eigenvalue weighted by molar-refractivity contribution is 7.89. The van der Waals surface area contributed by atoms with E-state index in [-0.39, 0.29) is 17.3 Å². The van der Waals surface area contributed by atoms with Crippen molar-refractivity contribution in [2.75, 3.05) is 20.3 Å². The summed E-state index contributed by atoms with van der Waals surface area (Å²) in [6, 6.07) is 11.1. The van der Waals surface area contributed by atoms with E-state index in [0.29, 0.717) is 24.3 Å². The third-order valence-electron chi connectivity index (χ3n) is 3.40. The van der Waals surface area contributed by atoms with Crippen molar-refractivity contribution in [3.63, 3.8) is 0 Å². The summed E-state index contributed by atoms with van der Waals surface area (Å²) in [5.74, 6) is -0.728. The number of carbonyl (C=O) groups is 1. The van der Waals surface area contributed by atoms with Crippen molar-refractivity contribution in [3.8, 4) is 0 Å². The Morgan fingerprint density at radius 3 is 2.32 bits per heavy atom. The second-order valence-electron chi connectivity index (χ2n) is 5.22. The van der Waals surface area contributed by atoms with E-state index in [4.69, 9.17) is 4.74 Å². The van der Waals surface area contributed by atoms with Crippen LogP contribution in [0.2, 0.25) is 0 Å². The molecule has 0 heterocycles. The Bertz CT molecular complexity index is 806. The molecule has 2 aromatic carbocycles. The van der Waals surface area contributed by atoms with E-state index in [9.17, 15) is 17.6 Å². The third-order valence-corrected chi connectivity index (χ3v) is 4.82. The van der Waals surface area contributed by atoms with Crippen LogP contribution in [0.25, 0.3) is 0 Å². The van der Waals surface area contributed by atoms with Gasteiger partial charge < -0.3 is 10.1 Å². The Morgan fingerprint density at radius 2 is 1.72 bits per heavy atom. The molecule has 0 spiro atoms. The van der Waals surface area contributed by atoms with E-state index < -0.39 is 15.8 Å². The first-order valence-electron chi connectivity index (χ1n) is 7.54. The summed E-state index contributed by atoms with van der Waals surface area (Å²) in [7, 11) is -2.18. The molecule has 0 saturated carbocycles. The van der Waals surface area contributed by atoms with Gasteiger partial charge in [-0.15, -0.1) is 0 Å². The number of sulfonamides is 1. The number of methoxy groups -OCH3 is 1. The van der Waals surface area contributed by atoms with E-state index in [1.807, 2.05) is 0 Å². The summed E-state index contributed by atoms with van der Waals surface area (Å²) in [6.07, 6.45) is 0. The molecule has 0 unspecified atom stereocenters. The average Bonchev–Trinajstić information content (AvgIpc) is 2.61. The van der Waals surface area contributed by atoms with Crippen molar-refractivity contribution < 1.29 is 22.3 Å². The number of halogens is 1. The van der Waals surface area contributed by atoms with Gasteiger partial charge in [-0.05, 0) is 42.0 Å². The molecule has 0 atom stereocenters. The molecular weight excluding hydrogens is 347 g/mol. The molecule has 25 heavy (non-hydrogen) atoms. The molecule has 0 saturated heterocycles. The average molecular weight is 366 g/mol. The lowest BCUT2D eigenvalue weighted by Crippen LogP contribution is -2.27. The fourth-order valence-electron chi connectivity index (χ4n) is 2.02. The molecule has 2 aromatic rings. The monoisotopic (exact) mass is 366 g/mol. The predicted molar refractivity (Wildman–Crippen MR) is 91.1 cm³/mol. The summed E-state index contributed by atoms with van der Waals surface area (Å²) < 4.78 is 44.4. The van der Waals surface area contributed by atoms with E-state index in [1.165, 1.54) is 12.1 Å². The van der Waals surface area contributed by atoms with Crippen LogP contribution in [0.15, 0.2) is 53.4 Å². The topological polar surface area (TPSA) is 84.5 Å². The van der Waals surface area contributed by atoms with Crippen molar-refractivity contribution in [3.05, 3.63) is 65.5 Å². The number of rotatable bonds is 8. The summed E-state index contributed by atoms with van der Waals surface area (Å²) in [5, 5.41) is 2.70. The van der Waals surface area contributed by atoms with Crippen LogP contribution in [0.1, 0.15) is 15.9 Å². The van der Waals surface area contributed by atoms with Gasteiger partial charge in [0.05, 0.1) is 11.5 Å². The molecular formula is C17H19FN2O4S. The van der Waals surface area contributed by atoms with E-state index in [2.05, 4.69) is 10.0 Å². The first-order valence-corrected chi connectivity index (χ1v) is 9.02. The van der Waals surface area contributed by atoms with Crippen LogP contribution < -0.4 is 10.0 Å². The summed E-state index contributed by atoms with van der Waals surface area (Å²) in [6.45, 7) is 0.898. The summed E-state index contributed by atoms with van der Waals surface area (Å²) in [5.41, 5.74) is 1.17. The number of benzene rings is 2. The Morgan fingerprint density at radius 1 is 1.08 bits per heavy atom. The first kappa shape index (κ1) is 19.0. The number of ether oxygens (including phenoxy) is 1. The second-order valence-corrected chi connectivity index (χ2v) is 6.99. The standard InChI is InChI=1S/C17H19FN2O4S/c1-24-11-10-19-17(21)14-4-2-13(3-5-14)12-20-25(22,23)16-8-6-15(18)7-9-16/h2-9,20H,10-12H2,1H3,(H,19,21). The highest BCUT2D eigenvalue weighted by Crippen LogP contribution is 2.11. The number of carbonyl (C=O) groups excluding carboxylic acids is 1. The van der Waals surface area contributed by atoms with Crippen molar-refractivity contribution in [2.24, 2.45) is 0 Å². The normalized spacial score (nSPS) is 11.3. The van der Waals surface area contributed by atoms with E-state index in [0.717, 1.165) is 12.1 Å². The van der Waals surface area contributed by atoms with Crippen LogP contribution in [0, 0.1) is 5.82 Å². The van der Waals surface area contributed by atoms with Gasteiger partial charge in [-0.1, -0.05) is 12.1 Å². The fraction of sp³-hybridized carbons (Fsp3) is 0.235. The lowest BCUT2D eigenvalue weighted by atomic mass is 10.1. The van der Waals surface area contributed by atoms with E-state index in [1.54, 1.807) is 31.4 Å². The van der Waals surface area contributed by atoms with Crippen molar-refractivity contribution in [1.29, 1.82) is 0 Å². The molecule has 1 amide bonds. The maximum atomic E-state index is 12.9. The Kier molecular flexibility index (Phi) is 6.63. The zero-order valence-corrected chi connectivity index (χ0v) is 14.5. The molecule has 0 aliphatic heterocycles. The minimum atomic E-state index is -3.73. The zero-order chi connectivity index (χ0) is 18.3. The molecule has 2 rings (SSSR count). The van der Waals surface area contributed by atoms with Crippen LogP contribution in [-0.4, -0.2) is 34.6 Å². The maximum absolute atomic E-state index is 12.9. The lowest BCUT2D eigenvalue weighted by molar-refractivity contribution is 0.0937. The quantitative estimate of drug-likeness (QED) is 0.696. The molecule has 0 fully saturated rings. The molecule has 0 aliphatic rings. The van der Waals surface area contributed by atoms with Crippen molar-refractivity contribution >= 4 is 15.9 Å². The van der Waals surface area contributed by atoms with Gasteiger partial charge in [0.15, 0.2) is 0 Å². The second kappa shape index (κ2) is 8.70. The van der Waals surface area contributed by atoms with E-state index >= 15 is 0 Å². The molecule has 2 N–H and O–H groups in total. The minimum Gasteiger partial charge on any atom is -0.383 e. The third kappa shape index (κ3) is 5.63. The number of hydrogen-bond acceptors (Lipinski definition) is 4. The van der Waals surface area contributed by atoms with Gasteiger partial charge in [0.25, 0.3) is 5.91 Å². The minimum absolute atomic E-state index is 0.0111. The Labute approximate surface area is 146 Å². The molecule has 0 aliphatic carbocycles. The maximum Gasteiger partial charge on any atom is 0.251 e. The van der Waals surface area contributed by atoms with Crippen LogP contribution in [0.3, 0.4) is 0 Å². The number of nitrogens with one attached hydrogen (secondary N) is 2. The van der Waals surface area contributed by atoms with Crippen molar-refractivity contribution in [2.45, 2.75) is 11.4 Å². The molecule has 8 heteroatoms. The lowest BCUT2D eigenvalue weighted by Gasteiger charge is -2.08. The van der Waals surface area contributed by atoms with Gasteiger partial charge >= 0.3 is 0 Å². The van der Waals surface area contributed by atoms with Crippen LogP contribution >= 0.6 is 0 Å². The van der Waals surface area contributed by atoms with Gasteiger partial charge in [-0.2, -0.15) is 0 Å². The van der Waals surface area contributed by atoms with Gasteiger partial charge in [0.2, 0.25) is 10.0 Å². The Hall–Kier alpha value is -2.29. The van der Waals surface area contributed by atoms with Gasteiger partial charge in [-0.3, -0.25) is 4.79 Å². The van der Waals surface area contributed by atoms with Gasteiger partial charge in [-0.25, -0.2) is 17.5 Å². The number of amides is 1. The highest BCUT2D eigenvalue weighted by atomic mass is 32.2. The summed E-state index contributed by atoms with van der Waals surface area (Å²) in [4.78, 5) is 11.8. The summed E-state index contributed by atoms with van der Waals surface area (Å²) >= 11 is 0. The molecule has 0 aromatic heterocycles. The zero-order valence-electron chi connectivity index (χ0n) is 13.7. The fourth-order valence-corrected chi connectivity index (χ4v) is 3.04. The molecule has 134 valence electrons. The number of hydrogen-bond donors (Lipinski definition) is 2. The van der Waals surface area contributed by atoms with Crippen LogP contribution in [-0.2, 0) is 21.3 Å². The highest BCUT2D eigenvalue weighted by Gasteiger charge is 2.13. The largest absolute Gasteiger partial charge is 0.383 e. The first-order chi connectivity index (χ1) is 11.9. The van der Waals surface area contributed by atoms with Crippen molar-refractivity contribution in [1.82, 2.24) is 10.0 Å².